The first-order valence-corrected chi connectivity index (χ1v) is 24.4. The van der Waals surface area contributed by atoms with Crippen LogP contribution >= 0.6 is 0 Å². The molecular formula is C68H47N. The van der Waals surface area contributed by atoms with Crippen LogP contribution in [0.2, 0.25) is 0 Å². The van der Waals surface area contributed by atoms with Gasteiger partial charge in [0.1, 0.15) is 0 Å². The van der Waals surface area contributed by atoms with E-state index in [9.17, 15) is 0 Å². The molecule has 0 bridgehead atoms. The molecule has 1 spiro atoms. The number of rotatable bonds is 7. The first-order valence-electron chi connectivity index (χ1n) is 24.4. The minimum absolute atomic E-state index is 0.562. The van der Waals surface area contributed by atoms with Gasteiger partial charge in [-0.05, 0) is 137 Å². The number of hydrogen-bond acceptors (Lipinski definition) is 1. The summed E-state index contributed by atoms with van der Waals surface area (Å²) in [5, 5.41) is 2.65. The summed E-state index contributed by atoms with van der Waals surface area (Å²) in [6.45, 7) is 2.33. The molecule has 0 saturated heterocycles. The molecule has 0 aromatic heterocycles. The van der Waals surface area contributed by atoms with Crippen LogP contribution in [0, 0.1) is 0 Å². The van der Waals surface area contributed by atoms with Crippen molar-refractivity contribution < 1.29 is 0 Å². The molecule has 69 heavy (non-hydrogen) atoms. The Kier molecular flexibility index (Phi) is 8.76. The normalized spacial score (nSPS) is 15.3. The Labute approximate surface area is 404 Å². The van der Waals surface area contributed by atoms with Crippen LogP contribution in [0.25, 0.3) is 55.3 Å². The van der Waals surface area contributed by atoms with Crippen molar-refractivity contribution >= 4 is 27.8 Å². The molecule has 11 aromatic carbocycles. The number of fused-ring (bicyclic) bond motifs is 12. The lowest BCUT2D eigenvalue weighted by molar-refractivity contribution is 0.759. The molecule has 1 unspecified atom stereocenters. The molecule has 0 fully saturated rings. The molecule has 1 heteroatoms. The maximum absolute atomic E-state index is 2.57. The zero-order valence-electron chi connectivity index (χ0n) is 38.4. The predicted octanol–water partition coefficient (Wildman–Crippen LogP) is 17.2. The average molecular weight is 878 g/mol. The molecule has 3 aliphatic carbocycles. The van der Waals surface area contributed by atoms with Crippen LogP contribution in [0.1, 0.15) is 57.0 Å². The van der Waals surface area contributed by atoms with E-state index in [0.29, 0.717) is 0 Å². The summed E-state index contributed by atoms with van der Waals surface area (Å²) in [6.07, 6.45) is 0.929. The monoisotopic (exact) mass is 877 g/mol. The third-order valence-electron chi connectivity index (χ3n) is 15.7. The smallest absolute Gasteiger partial charge is 0.0734 e. The maximum atomic E-state index is 2.57. The first-order chi connectivity index (χ1) is 34.2. The molecule has 3 aliphatic rings. The van der Waals surface area contributed by atoms with Crippen LogP contribution in [-0.2, 0) is 17.3 Å². The largest absolute Gasteiger partial charge is 0.310 e. The molecule has 11 aromatic rings. The van der Waals surface area contributed by atoms with Crippen molar-refractivity contribution in [2.45, 2.75) is 24.2 Å². The summed E-state index contributed by atoms with van der Waals surface area (Å²) in [7, 11) is 0. The molecule has 0 heterocycles. The SMILES string of the molecule is CCc1ccc2cccc3c2c1C1(c2ccccc2-c2ccc(N(c4ccc(-c5ccccc5)cc4)c4cccc5c4C(c4ccccc4)(c4ccccc4)c4ccccc4-5)cc21)c1ccccc1-3. The van der Waals surface area contributed by atoms with E-state index in [2.05, 4.69) is 267 Å². The fourth-order valence-corrected chi connectivity index (χ4v) is 13.0. The third kappa shape index (κ3) is 5.42. The lowest BCUT2D eigenvalue weighted by Crippen LogP contribution is -2.33. The Morgan fingerprint density at radius 3 is 1.48 bits per heavy atom. The van der Waals surface area contributed by atoms with E-state index in [1.807, 2.05) is 0 Å². The van der Waals surface area contributed by atoms with Crippen molar-refractivity contribution in [2.24, 2.45) is 0 Å². The van der Waals surface area contributed by atoms with Crippen LogP contribution in [0.15, 0.2) is 255 Å². The second-order valence-electron chi connectivity index (χ2n) is 18.9. The fourth-order valence-electron chi connectivity index (χ4n) is 13.0. The van der Waals surface area contributed by atoms with E-state index in [1.165, 1.54) is 105 Å². The van der Waals surface area contributed by atoms with E-state index < -0.39 is 10.8 Å². The van der Waals surface area contributed by atoms with Gasteiger partial charge in [0.05, 0.1) is 16.5 Å². The van der Waals surface area contributed by atoms with Crippen LogP contribution in [-0.4, -0.2) is 0 Å². The molecule has 0 radical (unpaired) electrons. The Balaban J connectivity index is 1.10. The van der Waals surface area contributed by atoms with Gasteiger partial charge in [-0.2, -0.15) is 0 Å². The molecule has 1 atom stereocenters. The van der Waals surface area contributed by atoms with Crippen molar-refractivity contribution in [3.63, 3.8) is 0 Å². The van der Waals surface area contributed by atoms with Crippen LogP contribution in [0.5, 0.6) is 0 Å². The van der Waals surface area contributed by atoms with E-state index in [-0.39, 0.29) is 0 Å². The van der Waals surface area contributed by atoms with Crippen molar-refractivity contribution in [3.05, 3.63) is 305 Å². The summed E-state index contributed by atoms with van der Waals surface area (Å²) >= 11 is 0. The number of hydrogen-bond donors (Lipinski definition) is 0. The highest BCUT2D eigenvalue weighted by atomic mass is 15.1. The van der Waals surface area contributed by atoms with Gasteiger partial charge in [0, 0.05) is 16.9 Å². The molecular weight excluding hydrogens is 831 g/mol. The van der Waals surface area contributed by atoms with Crippen molar-refractivity contribution in [2.75, 3.05) is 4.90 Å². The number of aryl methyl sites for hydroxylation is 1. The standard InChI is InChI=1S/C68H47N/c1-2-45-36-37-48-22-18-30-57-54-28-13-17-34-61(54)68(65(45)64(48)57)60-33-16-12-27-53(60)56-43-42-52(44-62(56)68)69(51-40-38-47(39-41-51)46-20-6-3-7-21-46)63-35-19-31-58-55-29-14-15-32-59(55)67(66(58)63,49-23-8-4-9-24-49)50-25-10-5-11-26-50/h3-44H,2H2,1H3. The topological polar surface area (TPSA) is 3.24 Å². The lowest BCUT2D eigenvalue weighted by Gasteiger charge is -2.42. The first kappa shape index (κ1) is 39.6. The van der Waals surface area contributed by atoms with Crippen LogP contribution < -0.4 is 4.90 Å². The van der Waals surface area contributed by atoms with E-state index in [4.69, 9.17) is 0 Å². The van der Waals surface area contributed by atoms with Gasteiger partial charge in [-0.15, -0.1) is 0 Å². The highest BCUT2D eigenvalue weighted by molar-refractivity contribution is 6.08. The highest BCUT2D eigenvalue weighted by Gasteiger charge is 2.52. The van der Waals surface area contributed by atoms with Gasteiger partial charge in [0.25, 0.3) is 0 Å². The van der Waals surface area contributed by atoms with Crippen LogP contribution in [0.3, 0.4) is 0 Å². The van der Waals surface area contributed by atoms with Gasteiger partial charge in [-0.25, -0.2) is 0 Å². The summed E-state index contributed by atoms with van der Waals surface area (Å²) in [6, 6.07) is 96.0. The van der Waals surface area contributed by atoms with Crippen molar-refractivity contribution in [1.82, 2.24) is 0 Å². The Bertz CT molecular complexity index is 3770. The molecule has 0 N–H and O–H groups in total. The number of nitrogens with zero attached hydrogens (tertiary/aromatic N) is 1. The lowest BCUT2D eigenvalue weighted by atomic mass is 9.60. The van der Waals surface area contributed by atoms with E-state index in [1.54, 1.807) is 0 Å². The number of benzene rings is 11. The Morgan fingerprint density at radius 1 is 0.333 bits per heavy atom. The van der Waals surface area contributed by atoms with Gasteiger partial charge in [0.2, 0.25) is 0 Å². The molecule has 14 rings (SSSR count). The average Bonchev–Trinajstić information content (AvgIpc) is 3.89. The molecule has 0 saturated carbocycles. The van der Waals surface area contributed by atoms with Crippen LogP contribution in [0.4, 0.5) is 17.1 Å². The second-order valence-corrected chi connectivity index (χ2v) is 18.9. The maximum Gasteiger partial charge on any atom is 0.0734 e. The van der Waals surface area contributed by atoms with Crippen molar-refractivity contribution in [3.8, 4) is 44.5 Å². The summed E-state index contributed by atoms with van der Waals surface area (Å²) in [5.74, 6) is 0. The number of anilines is 3. The minimum Gasteiger partial charge on any atom is -0.310 e. The molecule has 0 amide bonds. The Hall–Kier alpha value is -8.52. The fraction of sp³-hybridized carbons (Fsp3) is 0.0588. The van der Waals surface area contributed by atoms with Gasteiger partial charge in [0.15, 0.2) is 0 Å². The third-order valence-corrected chi connectivity index (χ3v) is 15.7. The second kappa shape index (κ2) is 15.3. The molecule has 1 nitrogen and oxygen atoms in total. The van der Waals surface area contributed by atoms with Gasteiger partial charge in [-0.1, -0.05) is 231 Å². The zero-order valence-corrected chi connectivity index (χ0v) is 38.4. The molecule has 0 aliphatic heterocycles. The van der Waals surface area contributed by atoms with E-state index in [0.717, 1.165) is 23.5 Å². The molecule has 324 valence electrons. The quantitative estimate of drug-likeness (QED) is 0.154. The van der Waals surface area contributed by atoms with Gasteiger partial charge >= 0.3 is 0 Å². The highest BCUT2D eigenvalue weighted by Crippen LogP contribution is 2.64. The van der Waals surface area contributed by atoms with Gasteiger partial charge in [-0.3, -0.25) is 0 Å². The summed E-state index contributed by atoms with van der Waals surface area (Å²) in [5.41, 5.74) is 24.2. The van der Waals surface area contributed by atoms with E-state index >= 15 is 0 Å². The minimum atomic E-state index is -0.612. The van der Waals surface area contributed by atoms with Gasteiger partial charge < -0.3 is 4.90 Å². The summed E-state index contributed by atoms with van der Waals surface area (Å²) < 4.78 is 0. The zero-order chi connectivity index (χ0) is 45.7. The predicted molar refractivity (Wildman–Crippen MR) is 287 cm³/mol. The summed E-state index contributed by atoms with van der Waals surface area (Å²) in [4.78, 5) is 2.57. The van der Waals surface area contributed by atoms with Crippen molar-refractivity contribution in [1.29, 1.82) is 0 Å². The Morgan fingerprint density at radius 2 is 0.826 bits per heavy atom.